The summed E-state index contributed by atoms with van der Waals surface area (Å²) in [7, 11) is 0. The van der Waals surface area contributed by atoms with Crippen molar-refractivity contribution in [3.63, 3.8) is 0 Å². The van der Waals surface area contributed by atoms with Gasteiger partial charge in [-0.2, -0.15) is 0 Å². The van der Waals surface area contributed by atoms with Crippen molar-refractivity contribution in [1.82, 2.24) is 14.7 Å². The minimum atomic E-state index is 0.0552. The van der Waals surface area contributed by atoms with E-state index >= 15 is 0 Å². The number of hydrogen-bond acceptors (Lipinski definition) is 3. The van der Waals surface area contributed by atoms with Crippen molar-refractivity contribution in [2.45, 2.75) is 46.6 Å². The summed E-state index contributed by atoms with van der Waals surface area (Å²) in [5.41, 5.74) is 4.44. The largest absolute Gasteiger partial charge is 0.361 e. The third-order valence-corrected chi connectivity index (χ3v) is 3.92. The van der Waals surface area contributed by atoms with E-state index in [0.717, 1.165) is 29.2 Å². The first-order valence-corrected chi connectivity index (χ1v) is 7.24. The number of nitrogens with zero attached hydrogens (tertiary/aromatic N) is 3. The van der Waals surface area contributed by atoms with Crippen LogP contribution in [0.15, 0.2) is 28.9 Å². The molecule has 0 spiro atoms. The number of aryl methyl sites for hydroxylation is 2. The Labute approximate surface area is 124 Å². The van der Waals surface area contributed by atoms with Crippen molar-refractivity contribution in [1.29, 1.82) is 0 Å². The summed E-state index contributed by atoms with van der Waals surface area (Å²) < 4.78 is 7.58. The van der Waals surface area contributed by atoms with E-state index in [2.05, 4.69) is 47.6 Å². The van der Waals surface area contributed by atoms with Gasteiger partial charge in [-0.25, -0.2) is 4.98 Å². The number of pyridine rings is 1. The van der Waals surface area contributed by atoms with Crippen LogP contribution in [0.2, 0.25) is 0 Å². The number of fused-ring (bicyclic) bond motifs is 1. The molecule has 3 aromatic rings. The molecule has 0 radical (unpaired) electrons. The summed E-state index contributed by atoms with van der Waals surface area (Å²) in [5, 5.41) is 5.24. The van der Waals surface area contributed by atoms with Crippen molar-refractivity contribution >= 4 is 11.0 Å². The standard InChI is InChI=1S/C17H21N3O/c1-11-14(12(2)21-19-11)10-20-15(17(3,4)5)9-13-7-6-8-18-16(13)20/h6-9H,10H2,1-5H3. The highest BCUT2D eigenvalue weighted by Gasteiger charge is 2.23. The summed E-state index contributed by atoms with van der Waals surface area (Å²) >= 11 is 0. The van der Waals surface area contributed by atoms with Crippen molar-refractivity contribution < 1.29 is 4.52 Å². The molecule has 0 aliphatic rings. The predicted molar refractivity (Wildman–Crippen MR) is 83.5 cm³/mol. The van der Waals surface area contributed by atoms with E-state index in [1.807, 2.05) is 26.1 Å². The van der Waals surface area contributed by atoms with E-state index < -0.39 is 0 Å². The third-order valence-electron chi connectivity index (χ3n) is 3.92. The second-order valence-corrected chi connectivity index (χ2v) is 6.58. The molecule has 0 aromatic carbocycles. The van der Waals surface area contributed by atoms with Gasteiger partial charge in [-0.3, -0.25) is 0 Å². The van der Waals surface area contributed by atoms with E-state index in [-0.39, 0.29) is 5.41 Å². The maximum atomic E-state index is 5.30. The van der Waals surface area contributed by atoms with E-state index in [0.29, 0.717) is 0 Å². The molecule has 0 fully saturated rings. The van der Waals surface area contributed by atoms with Crippen LogP contribution in [0.5, 0.6) is 0 Å². The molecule has 0 amide bonds. The van der Waals surface area contributed by atoms with E-state index in [4.69, 9.17) is 4.52 Å². The molecule has 0 saturated carbocycles. The maximum Gasteiger partial charge on any atom is 0.140 e. The Balaban J connectivity index is 2.20. The third kappa shape index (κ3) is 2.35. The Bertz CT molecular complexity index is 771. The number of rotatable bonds is 2. The molecule has 0 aliphatic heterocycles. The zero-order valence-corrected chi connectivity index (χ0v) is 13.3. The van der Waals surface area contributed by atoms with Crippen LogP contribution in [0.3, 0.4) is 0 Å². The van der Waals surface area contributed by atoms with Gasteiger partial charge < -0.3 is 9.09 Å². The summed E-state index contributed by atoms with van der Waals surface area (Å²) in [5.74, 6) is 0.880. The zero-order valence-electron chi connectivity index (χ0n) is 13.3. The molecule has 0 bridgehead atoms. The van der Waals surface area contributed by atoms with Crippen molar-refractivity contribution in [3.8, 4) is 0 Å². The zero-order chi connectivity index (χ0) is 15.2. The topological polar surface area (TPSA) is 43.9 Å². The Morgan fingerprint density at radius 2 is 2.00 bits per heavy atom. The highest BCUT2D eigenvalue weighted by Crippen LogP contribution is 2.30. The lowest BCUT2D eigenvalue weighted by Crippen LogP contribution is -2.18. The summed E-state index contributed by atoms with van der Waals surface area (Å²) in [6, 6.07) is 6.33. The van der Waals surface area contributed by atoms with Gasteiger partial charge >= 0.3 is 0 Å². The molecule has 0 unspecified atom stereocenters. The quantitative estimate of drug-likeness (QED) is 0.714. The predicted octanol–water partition coefficient (Wildman–Crippen LogP) is 3.99. The normalized spacial score (nSPS) is 12.2. The molecule has 0 aliphatic carbocycles. The molecule has 4 heteroatoms. The summed E-state index contributed by atoms with van der Waals surface area (Å²) in [4.78, 5) is 4.57. The molecular formula is C17H21N3O. The number of aromatic nitrogens is 3. The fraction of sp³-hybridized carbons (Fsp3) is 0.412. The molecule has 0 atom stereocenters. The molecule has 110 valence electrons. The van der Waals surface area contributed by atoms with Gasteiger partial charge in [0, 0.05) is 28.3 Å². The van der Waals surface area contributed by atoms with Gasteiger partial charge in [-0.15, -0.1) is 0 Å². The van der Waals surface area contributed by atoms with Crippen molar-refractivity contribution in [2.24, 2.45) is 0 Å². The van der Waals surface area contributed by atoms with Crippen LogP contribution in [0.25, 0.3) is 11.0 Å². The van der Waals surface area contributed by atoms with Crippen LogP contribution >= 0.6 is 0 Å². The lowest BCUT2D eigenvalue weighted by molar-refractivity contribution is 0.392. The van der Waals surface area contributed by atoms with E-state index in [1.165, 1.54) is 11.1 Å². The second kappa shape index (κ2) is 4.72. The lowest BCUT2D eigenvalue weighted by atomic mass is 9.92. The van der Waals surface area contributed by atoms with E-state index in [9.17, 15) is 0 Å². The van der Waals surface area contributed by atoms with Crippen LogP contribution in [-0.4, -0.2) is 14.7 Å². The molecule has 4 nitrogen and oxygen atoms in total. The maximum absolute atomic E-state index is 5.30. The Kier molecular flexibility index (Phi) is 3.12. The first-order chi connectivity index (χ1) is 9.88. The summed E-state index contributed by atoms with van der Waals surface area (Å²) in [6.45, 7) is 11.4. The fourth-order valence-corrected chi connectivity index (χ4v) is 2.75. The monoisotopic (exact) mass is 283 g/mol. The van der Waals surface area contributed by atoms with Gasteiger partial charge in [0.2, 0.25) is 0 Å². The fourth-order valence-electron chi connectivity index (χ4n) is 2.75. The molecule has 0 saturated heterocycles. The second-order valence-electron chi connectivity index (χ2n) is 6.58. The minimum Gasteiger partial charge on any atom is -0.361 e. The Hall–Kier alpha value is -2.10. The van der Waals surface area contributed by atoms with Gasteiger partial charge in [0.05, 0.1) is 12.2 Å². The molecular weight excluding hydrogens is 262 g/mol. The van der Waals surface area contributed by atoms with E-state index in [1.54, 1.807) is 0 Å². The molecule has 3 aromatic heterocycles. The summed E-state index contributed by atoms with van der Waals surface area (Å²) in [6.07, 6.45) is 1.85. The Morgan fingerprint density at radius 1 is 1.24 bits per heavy atom. The van der Waals surface area contributed by atoms with Crippen LogP contribution in [0.4, 0.5) is 0 Å². The SMILES string of the molecule is Cc1noc(C)c1Cn1c(C(C)(C)C)cc2cccnc21. The van der Waals surface area contributed by atoms with Gasteiger partial charge in [0.25, 0.3) is 0 Å². The van der Waals surface area contributed by atoms with Crippen molar-refractivity contribution in [3.05, 3.63) is 47.1 Å². The average molecular weight is 283 g/mol. The van der Waals surface area contributed by atoms with Gasteiger partial charge in [-0.1, -0.05) is 25.9 Å². The van der Waals surface area contributed by atoms with Crippen LogP contribution < -0.4 is 0 Å². The first kappa shape index (κ1) is 13.9. The molecule has 21 heavy (non-hydrogen) atoms. The Morgan fingerprint density at radius 3 is 2.62 bits per heavy atom. The average Bonchev–Trinajstić information content (AvgIpc) is 2.94. The molecule has 0 N–H and O–H groups in total. The number of hydrogen-bond donors (Lipinski definition) is 0. The lowest BCUT2D eigenvalue weighted by Gasteiger charge is -2.21. The minimum absolute atomic E-state index is 0.0552. The molecule has 3 heterocycles. The molecule has 3 rings (SSSR count). The van der Waals surface area contributed by atoms with Crippen LogP contribution in [0, 0.1) is 13.8 Å². The highest BCUT2D eigenvalue weighted by atomic mass is 16.5. The smallest absolute Gasteiger partial charge is 0.140 e. The van der Waals surface area contributed by atoms with Gasteiger partial charge in [0.1, 0.15) is 11.4 Å². The van der Waals surface area contributed by atoms with Crippen molar-refractivity contribution in [2.75, 3.05) is 0 Å². The first-order valence-electron chi connectivity index (χ1n) is 7.24. The highest BCUT2D eigenvalue weighted by molar-refractivity contribution is 5.77. The van der Waals surface area contributed by atoms with Gasteiger partial charge in [0.15, 0.2) is 0 Å². The van der Waals surface area contributed by atoms with Crippen LogP contribution in [-0.2, 0) is 12.0 Å². The van der Waals surface area contributed by atoms with Gasteiger partial charge in [-0.05, 0) is 32.0 Å². The van der Waals surface area contributed by atoms with Crippen LogP contribution in [0.1, 0.15) is 43.5 Å².